The van der Waals surface area contributed by atoms with Crippen molar-refractivity contribution >= 4 is 92.2 Å². The van der Waals surface area contributed by atoms with E-state index >= 15 is 0 Å². The maximum atomic E-state index is 11.1. The normalized spacial score (nSPS) is 21.6. The molecular formula is C96H121BBrClN27NaO14. The number of anilines is 3. The second-order valence-electron chi connectivity index (χ2n) is 41.1. The zero-order valence-electron chi connectivity index (χ0n) is 82.5. The summed E-state index contributed by atoms with van der Waals surface area (Å²) in [7, 11) is -0.656. The quantitative estimate of drug-likeness (QED) is 0.00662. The number of aldehydes is 2. The minimum Gasteiger partial charge on any atom is -0.489 e. The van der Waals surface area contributed by atoms with Crippen LogP contribution >= 0.6 is 27.5 Å². The van der Waals surface area contributed by atoms with Gasteiger partial charge in [-0.25, -0.2) is 43.5 Å². The second-order valence-corrected chi connectivity index (χ2v) is 42.4. The van der Waals surface area contributed by atoms with E-state index in [9.17, 15) is 45.8 Å². The number of halogens is 2. The van der Waals surface area contributed by atoms with Crippen LogP contribution in [-0.2, 0) is 18.9 Å². The summed E-state index contributed by atoms with van der Waals surface area (Å²) in [5, 5.41) is 106. The number of fused-ring (bicyclic) bond motifs is 7. The Labute approximate surface area is 853 Å². The van der Waals surface area contributed by atoms with Crippen LogP contribution < -0.4 is 85.5 Å². The number of ether oxygens (including phenoxy) is 4. The molecule has 4 saturated heterocycles. The van der Waals surface area contributed by atoms with E-state index < -0.39 is 40.7 Å². The van der Waals surface area contributed by atoms with Gasteiger partial charge in [0.05, 0.1) is 181 Å². The van der Waals surface area contributed by atoms with Crippen LogP contribution in [0.25, 0.3) is 50.1 Å². The third-order valence-electron chi connectivity index (χ3n) is 25.6. The molecule has 11 aromatic rings. The van der Waals surface area contributed by atoms with Gasteiger partial charge in [-0.2, -0.15) is 41.4 Å². The Kier molecular flexibility index (Phi) is 35.5. The van der Waals surface area contributed by atoms with Gasteiger partial charge in [0.15, 0.2) is 0 Å². The van der Waals surface area contributed by atoms with Gasteiger partial charge < -0.3 is 94.9 Å². The monoisotopic (exact) mass is 2020 g/mol. The van der Waals surface area contributed by atoms with Crippen molar-refractivity contribution in [2.45, 2.75) is 201 Å². The average molecular weight is 2030 g/mol. The fourth-order valence-electron chi connectivity index (χ4n) is 18.8. The van der Waals surface area contributed by atoms with Crippen LogP contribution in [0.1, 0.15) is 184 Å². The van der Waals surface area contributed by atoms with Gasteiger partial charge in [-0.05, 0) is 222 Å². The Morgan fingerprint density at radius 1 is 0.504 bits per heavy atom. The molecule has 0 amide bonds. The number of hydrazine groups is 1. The Bertz CT molecular complexity index is 6310. The number of nitrogens with zero attached hydrogens (tertiary/aromatic N) is 24. The van der Waals surface area contributed by atoms with Gasteiger partial charge in [0.25, 0.3) is 0 Å². The van der Waals surface area contributed by atoms with Gasteiger partial charge in [-0.3, -0.25) is 15.2 Å². The molecule has 7 fully saturated rings. The summed E-state index contributed by atoms with van der Waals surface area (Å²) < 4.78 is 42.2. The summed E-state index contributed by atoms with van der Waals surface area (Å²) in [6, 6.07) is 15.8. The van der Waals surface area contributed by atoms with E-state index in [1.54, 1.807) is 172 Å². The molecule has 7 aliphatic rings. The molecule has 9 N–H and O–H groups in total. The largest absolute Gasteiger partial charge is 1.00 e. The van der Waals surface area contributed by atoms with Crippen LogP contribution in [0.15, 0.2) is 126 Å². The molecule has 41 nitrogen and oxygen atoms in total. The molecule has 3 saturated carbocycles. The molecule has 3 unspecified atom stereocenters. The number of carbonyl (C=O) groups is 2. The van der Waals surface area contributed by atoms with E-state index in [1.807, 2.05) is 33.8 Å². The molecule has 3 aliphatic carbocycles. The summed E-state index contributed by atoms with van der Waals surface area (Å²) in [6.45, 7) is 36.2. The van der Waals surface area contributed by atoms with Crippen molar-refractivity contribution in [2.75, 3.05) is 87.0 Å². The SMILES string of the molecule is CC(C)(O)COc1cc(-c2cnc(N3C[C@@H]4CC(C)(CC=O)C[C@@H]4C3)cn2)c2c(C#N)cnn2c1.CC(C)(O)COc1cc(-c2cnc(N3C[C@@H]4CC(C)(N)C[C@@H]4C3)cn2)c2c(C#N)cnn2c1.CC(C)(O)COc1cc(B2OC(C)(C)C(C)(C)O2)c2c(C#N)cnn2c1.CC(C)(O)COc1cc(Br)c2c(C#N)cnn2c1.CC1(CC=O)C[C@H]2CN(c3cnc(Cl)cn3)C[C@H]2C1.CCO.[N-]=NNNN=O.[Na+]. The average Bonchev–Trinajstić information content (AvgIpc) is 1.57. The zero-order chi connectivity index (χ0) is 102. The molecule has 0 spiro atoms. The molecule has 15 heterocycles. The van der Waals surface area contributed by atoms with Crippen LogP contribution in [-0.4, -0.2) is 225 Å². The van der Waals surface area contributed by atoms with E-state index in [4.69, 9.17) is 81.3 Å². The fourth-order valence-corrected chi connectivity index (χ4v) is 19.6. The summed E-state index contributed by atoms with van der Waals surface area (Å²) in [6.07, 6.45) is 33.2. The Morgan fingerprint density at radius 2 is 0.816 bits per heavy atom. The van der Waals surface area contributed by atoms with Crippen molar-refractivity contribution in [3.63, 3.8) is 0 Å². The van der Waals surface area contributed by atoms with Gasteiger partial charge in [0.1, 0.15) is 109 Å². The molecule has 18 rings (SSSR count). The van der Waals surface area contributed by atoms with Gasteiger partial charge in [0, 0.05) is 85.3 Å². The van der Waals surface area contributed by atoms with Crippen molar-refractivity contribution in [3.05, 3.63) is 153 Å². The first kappa shape index (κ1) is 110. The summed E-state index contributed by atoms with van der Waals surface area (Å²) >= 11 is 9.15. The minimum absolute atomic E-state index is 0. The Balaban J connectivity index is 0.000000168. The molecular weight excluding hydrogens is 1900 g/mol. The number of rotatable bonds is 25. The summed E-state index contributed by atoms with van der Waals surface area (Å²) in [5.41, 5.74) is 20.2. The molecule has 45 heteroatoms. The topological polar surface area (TPSA) is 556 Å². The number of carbonyl (C=O) groups excluding carboxylic acids is 2. The first-order chi connectivity index (χ1) is 66.1. The third kappa shape index (κ3) is 28.0. The van der Waals surface area contributed by atoms with Crippen LogP contribution in [0.4, 0.5) is 17.5 Å². The van der Waals surface area contributed by atoms with E-state index in [-0.39, 0.29) is 79.0 Å². The van der Waals surface area contributed by atoms with Crippen molar-refractivity contribution in [1.82, 2.24) is 79.4 Å². The van der Waals surface area contributed by atoms with Gasteiger partial charge in [-0.15, -0.1) is 4.91 Å². The number of aliphatic hydroxyl groups excluding tert-OH is 1. The number of hydrogen-bond acceptors (Lipinski definition) is 34. The Hall–Kier alpha value is -11.8. The maximum Gasteiger partial charge on any atom is 1.00 e. The number of nitrogens with two attached hydrogens (primary N) is 1. The molecule has 141 heavy (non-hydrogen) atoms. The number of nitriles is 4. The predicted molar refractivity (Wildman–Crippen MR) is 525 cm³/mol. The fraction of sp³-hybridized carbons (Fsp3) is 0.521. The van der Waals surface area contributed by atoms with Crippen molar-refractivity contribution in [2.24, 2.45) is 62.6 Å². The molecule has 0 aromatic carbocycles. The first-order valence-electron chi connectivity index (χ1n) is 45.9. The standard InChI is InChI=1S/C26H30N6O3.C24H29N7O2.C18H24BN3O4.C14H18ClN3O.C12H12BrN3O2.C2H6O.H2N5O.Na/c1-25(2,34)16-35-20-6-21(24-19(9-27)10-30-32(24)15-20)22-11-29-23(12-28-22)31-13-17-7-26(3,4-5-33)8-18(17)14-31;1-23(2,32)14-33-18-4-19(22-17(7-25)8-29-31(22)13-18)20-9-28-21(10-27-20)30-11-15-5-24(3,26)6-16(15)12-30;1-16(2,23)11-24-13-7-14(15-12(8-20)9-21-22(15)10-13)19-25-17(3,4)18(5,6)26-19;1-14(2-3-19)4-10-8-18(9-11(10)5-14)13-7-16-12(15)6-17-13;1-12(2,17)7-18-9-3-10(13)11-8(4-14)5-15-16(11)6-9;1-2-3;1-2-3-4-5-6;/h5-6,10-12,15,17-18,34H,4,7-8,13-14,16H2,1-3H3;4,8-10,13,15-16,32H,5-6,11-12,14,26H2,1-3H3;7,9-10,23H,11H2,1-6H3;3,6-7,10-11H,2,4-5,8-9H2,1H3;3,5-6,17H,7H2,1-2H3;3H,2H2,1H3;(H2-,1,2,3,4,5,6);/q;;;;;;-1;+1/t17-,18+,26?;15-,16+,24?;;10-,11+,14?;;;;. The maximum absolute atomic E-state index is 11.1. The first-order valence-corrected chi connectivity index (χ1v) is 47.1. The van der Waals surface area contributed by atoms with Crippen molar-refractivity contribution < 1.29 is 92.9 Å². The molecule has 742 valence electrons. The van der Waals surface area contributed by atoms with Crippen molar-refractivity contribution in [3.8, 4) is 69.8 Å². The molecule has 0 radical (unpaired) electrons. The molecule has 11 aromatic heterocycles. The predicted octanol–water partition coefficient (Wildman–Crippen LogP) is 8.68. The van der Waals surface area contributed by atoms with Crippen LogP contribution in [0.2, 0.25) is 5.15 Å². The number of aromatic nitrogens is 14. The Morgan fingerprint density at radius 3 is 1.12 bits per heavy atom. The third-order valence-corrected chi connectivity index (χ3v) is 26.4. The molecule has 4 aliphatic heterocycles. The minimum atomic E-state index is -0.989. The van der Waals surface area contributed by atoms with E-state index in [1.165, 1.54) is 24.8 Å². The zero-order valence-corrected chi connectivity index (χ0v) is 86.8. The molecule has 0 bridgehead atoms. The summed E-state index contributed by atoms with van der Waals surface area (Å²) in [5.74, 6) is 8.46. The van der Waals surface area contributed by atoms with E-state index in [0.717, 1.165) is 112 Å². The van der Waals surface area contributed by atoms with Gasteiger partial charge in [-0.1, -0.05) is 25.4 Å². The van der Waals surface area contributed by atoms with E-state index in [2.05, 4.69) is 122 Å². The van der Waals surface area contributed by atoms with Gasteiger partial charge >= 0.3 is 36.7 Å². The van der Waals surface area contributed by atoms with Crippen LogP contribution in [0.5, 0.6) is 23.0 Å². The van der Waals surface area contributed by atoms with Crippen LogP contribution in [0, 0.1) is 96.6 Å². The number of hydrogen-bond donors (Lipinski definition) is 8. The van der Waals surface area contributed by atoms with Crippen LogP contribution in [0.3, 0.4) is 0 Å². The number of nitrogens with one attached hydrogen (secondary N) is 2. The molecule has 9 atom stereocenters. The smallest absolute Gasteiger partial charge is 0.489 e. The van der Waals surface area contributed by atoms with E-state index in [0.29, 0.717) is 149 Å². The number of nitroso groups, excluding NO2 is 1. The van der Waals surface area contributed by atoms with Crippen molar-refractivity contribution in [1.29, 1.82) is 21.0 Å². The number of pyridine rings is 4. The second kappa shape index (κ2) is 45.6. The summed E-state index contributed by atoms with van der Waals surface area (Å²) in [4.78, 5) is 64.9. The number of aliphatic hydroxyl groups is 5. The van der Waals surface area contributed by atoms with Gasteiger partial charge in [0.2, 0.25) is 0 Å².